The summed E-state index contributed by atoms with van der Waals surface area (Å²) >= 11 is 0. The van der Waals surface area contributed by atoms with E-state index in [0.717, 1.165) is 12.1 Å². The molecule has 1 N–H and O–H groups in total. The quantitative estimate of drug-likeness (QED) is 0.393. The molecule has 0 amide bonds. The normalized spacial score (nSPS) is 10.6. The van der Waals surface area contributed by atoms with E-state index < -0.39 is 27.0 Å². The van der Waals surface area contributed by atoms with Crippen LogP contribution in [-0.4, -0.2) is 38.1 Å². The van der Waals surface area contributed by atoms with Crippen LogP contribution in [0.5, 0.6) is 0 Å². The average Bonchev–Trinajstić information content (AvgIpc) is 2.48. The van der Waals surface area contributed by atoms with Crippen LogP contribution in [0.4, 0.5) is 0 Å². The molecule has 0 aliphatic carbocycles. The number of carbonyl (C=O) groups excluding carboxylic acids is 2. The van der Waals surface area contributed by atoms with Crippen LogP contribution in [0.1, 0.15) is 48.8 Å². The number of hydrogen-bond acceptors (Lipinski definition) is 6. The van der Waals surface area contributed by atoms with Crippen LogP contribution in [0.3, 0.4) is 0 Å². The minimum Gasteiger partial charge on any atom is -1.00 e. The maximum Gasteiger partial charge on any atom is 1.00 e. The molecule has 1 rings (SSSR count). The first-order valence-electron chi connectivity index (χ1n) is 6.76. The predicted octanol–water partition coefficient (Wildman–Crippen LogP) is -0.817. The first-order valence-corrected chi connectivity index (χ1v) is 8.20. The number of benzene rings is 1. The van der Waals surface area contributed by atoms with Crippen LogP contribution in [0.2, 0.25) is 0 Å². The van der Waals surface area contributed by atoms with Gasteiger partial charge in [-0.15, -0.1) is 0 Å². The maximum absolute atomic E-state index is 11.8. The first-order chi connectivity index (χ1) is 10.3. The Hall–Kier alpha value is -1.33. The second kappa shape index (κ2) is 9.73. The fourth-order valence-corrected chi connectivity index (χ4v) is 2.09. The third kappa shape index (κ3) is 6.75. The van der Waals surface area contributed by atoms with Gasteiger partial charge in [0.2, 0.25) is 0 Å². The Balaban J connectivity index is 0. The maximum atomic E-state index is 11.8. The van der Waals surface area contributed by atoms with Gasteiger partial charge in [0, 0.05) is 0 Å². The molecule has 0 atom stereocenters. The van der Waals surface area contributed by atoms with E-state index in [4.69, 9.17) is 14.0 Å². The van der Waals surface area contributed by atoms with Gasteiger partial charge in [0.15, 0.2) is 0 Å². The van der Waals surface area contributed by atoms with Gasteiger partial charge in [-0.25, -0.2) is 9.59 Å². The SMILES string of the molecule is CCCOC(=O)c1cc(C(=O)OCCC)cc(S(=O)(=O)O)c1.[H-].[Li+]. The van der Waals surface area contributed by atoms with Gasteiger partial charge in [-0.2, -0.15) is 8.42 Å². The van der Waals surface area contributed by atoms with Crippen molar-refractivity contribution in [3.63, 3.8) is 0 Å². The molecule has 1 aromatic rings. The average molecular weight is 338 g/mol. The molecule has 0 radical (unpaired) electrons. The van der Waals surface area contributed by atoms with Crippen LogP contribution < -0.4 is 18.9 Å². The molecule has 0 bridgehead atoms. The second-order valence-electron chi connectivity index (χ2n) is 4.49. The molecule has 0 unspecified atom stereocenters. The molecule has 7 nitrogen and oxygen atoms in total. The van der Waals surface area contributed by atoms with E-state index >= 15 is 0 Å². The summed E-state index contributed by atoms with van der Waals surface area (Å²) in [5.41, 5.74) is -0.293. The number of hydrogen-bond donors (Lipinski definition) is 1. The minimum absolute atomic E-state index is 0. The van der Waals surface area contributed by atoms with Gasteiger partial charge in [-0.1, -0.05) is 13.8 Å². The Bertz CT molecular complexity index is 623. The summed E-state index contributed by atoms with van der Waals surface area (Å²) in [6.45, 7) is 3.92. The molecule has 124 valence electrons. The number of carbonyl (C=O) groups is 2. The molecule has 1 aromatic carbocycles. The van der Waals surface area contributed by atoms with Gasteiger partial charge in [-0.05, 0) is 31.0 Å². The number of ether oxygens (including phenoxy) is 2. The van der Waals surface area contributed by atoms with Crippen LogP contribution >= 0.6 is 0 Å². The van der Waals surface area contributed by atoms with Crippen LogP contribution in [0.15, 0.2) is 23.1 Å². The molecule has 0 aliphatic rings. The van der Waals surface area contributed by atoms with Gasteiger partial charge in [-0.3, -0.25) is 4.55 Å². The summed E-state index contributed by atoms with van der Waals surface area (Å²) in [5, 5.41) is 0. The molecule has 0 fully saturated rings. The van der Waals surface area contributed by atoms with Crippen molar-refractivity contribution in [3.05, 3.63) is 29.3 Å². The summed E-state index contributed by atoms with van der Waals surface area (Å²) in [5.74, 6) is -1.56. The topological polar surface area (TPSA) is 107 Å². The minimum atomic E-state index is -4.57. The van der Waals surface area contributed by atoms with Crippen molar-refractivity contribution in [1.82, 2.24) is 0 Å². The number of esters is 2. The number of rotatable bonds is 7. The van der Waals surface area contributed by atoms with Gasteiger partial charge in [0.05, 0.1) is 29.2 Å². The second-order valence-corrected chi connectivity index (χ2v) is 5.91. The monoisotopic (exact) mass is 338 g/mol. The zero-order valence-corrected chi connectivity index (χ0v) is 14.2. The summed E-state index contributed by atoms with van der Waals surface area (Å²) in [4.78, 5) is 23.1. The van der Waals surface area contributed by atoms with Crippen molar-refractivity contribution in [2.45, 2.75) is 31.6 Å². The molecular weight excluding hydrogens is 319 g/mol. The Morgan fingerprint density at radius 3 is 1.70 bits per heavy atom. The van der Waals surface area contributed by atoms with E-state index in [9.17, 15) is 18.0 Å². The Labute approximate surface area is 148 Å². The third-order valence-electron chi connectivity index (χ3n) is 2.55. The van der Waals surface area contributed by atoms with Gasteiger partial charge < -0.3 is 10.9 Å². The summed E-state index contributed by atoms with van der Waals surface area (Å²) < 4.78 is 41.4. The largest absolute Gasteiger partial charge is 1.00 e. The summed E-state index contributed by atoms with van der Waals surface area (Å²) in [7, 11) is -4.57. The van der Waals surface area contributed by atoms with E-state index in [1.165, 1.54) is 6.07 Å². The van der Waals surface area contributed by atoms with Crippen molar-refractivity contribution in [2.75, 3.05) is 13.2 Å². The standard InChI is InChI=1S/C14H18O7S.Li.H/c1-3-5-20-13(15)10-7-11(14(16)21-6-4-2)9-12(8-10)22(17,18)19;;/h7-9H,3-6H2,1-2H3,(H,17,18,19);;/q;+1;-1. The summed E-state index contributed by atoms with van der Waals surface area (Å²) in [6, 6.07) is 3.07. The van der Waals surface area contributed by atoms with Crippen molar-refractivity contribution in [1.29, 1.82) is 0 Å². The fourth-order valence-electron chi connectivity index (χ4n) is 1.54. The van der Waals surface area contributed by atoms with Crippen molar-refractivity contribution < 1.29 is 52.3 Å². The van der Waals surface area contributed by atoms with E-state index in [1.54, 1.807) is 13.8 Å². The Morgan fingerprint density at radius 1 is 1.00 bits per heavy atom. The van der Waals surface area contributed by atoms with Crippen LogP contribution in [-0.2, 0) is 19.6 Å². The van der Waals surface area contributed by atoms with E-state index in [-0.39, 0.29) is 44.6 Å². The van der Waals surface area contributed by atoms with E-state index in [1.807, 2.05) is 0 Å². The molecule has 0 aromatic heterocycles. The first kappa shape index (κ1) is 21.7. The molecule has 0 aliphatic heterocycles. The smallest absolute Gasteiger partial charge is 1.00 e. The van der Waals surface area contributed by atoms with Gasteiger partial charge in [0.1, 0.15) is 0 Å². The molecule has 0 heterocycles. The molecular formula is C14H19LiO7S. The Morgan fingerprint density at radius 2 is 1.39 bits per heavy atom. The molecule has 0 saturated heterocycles. The molecule has 0 saturated carbocycles. The van der Waals surface area contributed by atoms with Gasteiger partial charge >= 0.3 is 30.8 Å². The van der Waals surface area contributed by atoms with Crippen molar-refractivity contribution >= 4 is 22.1 Å². The fraction of sp³-hybridized carbons (Fsp3) is 0.429. The van der Waals surface area contributed by atoms with Gasteiger partial charge in [0.25, 0.3) is 10.1 Å². The van der Waals surface area contributed by atoms with Crippen LogP contribution in [0, 0.1) is 0 Å². The zero-order valence-electron chi connectivity index (χ0n) is 14.4. The molecule has 23 heavy (non-hydrogen) atoms. The predicted molar refractivity (Wildman–Crippen MR) is 78.5 cm³/mol. The van der Waals surface area contributed by atoms with E-state index in [2.05, 4.69) is 0 Å². The molecule has 9 heteroatoms. The third-order valence-corrected chi connectivity index (χ3v) is 3.38. The van der Waals surface area contributed by atoms with Crippen molar-refractivity contribution in [3.8, 4) is 0 Å². The summed E-state index contributed by atoms with van der Waals surface area (Å²) in [6.07, 6.45) is 1.18. The van der Waals surface area contributed by atoms with E-state index in [0.29, 0.717) is 12.8 Å². The van der Waals surface area contributed by atoms with Crippen molar-refractivity contribution in [2.24, 2.45) is 0 Å². The zero-order chi connectivity index (χ0) is 16.8. The molecule has 0 spiro atoms. The van der Waals surface area contributed by atoms with Crippen LogP contribution in [0.25, 0.3) is 0 Å². The Kier molecular flexibility index (Phi) is 9.16.